The topological polar surface area (TPSA) is 91.8 Å². The third kappa shape index (κ3) is 1.82. The van der Waals surface area contributed by atoms with Gasteiger partial charge in [-0.1, -0.05) is 0 Å². The molecule has 150 valence electrons. The highest BCUT2D eigenvalue weighted by Gasteiger charge is 2.71. The Hall–Kier alpha value is -1.46. The molecule has 0 aromatic carbocycles. The SMILES string of the molecule is O=C(O)C12CC3CC(C1)CC(C14CC5CC(CC(c6nnn[nH]6)(C5)C1)C4)(C3)C2. The summed E-state index contributed by atoms with van der Waals surface area (Å²) in [5.41, 5.74) is 0.274. The average Bonchev–Trinajstić information content (AvgIpc) is 3.15. The molecule has 9 rings (SSSR count). The van der Waals surface area contributed by atoms with Crippen LogP contribution in [0, 0.1) is 39.9 Å². The number of carboxylic acids is 1. The van der Waals surface area contributed by atoms with Crippen LogP contribution in [0.2, 0.25) is 0 Å². The minimum absolute atomic E-state index is 0.118. The number of aromatic amines is 1. The van der Waals surface area contributed by atoms with Gasteiger partial charge in [-0.05, 0) is 122 Å². The van der Waals surface area contributed by atoms with Gasteiger partial charge in [-0.15, -0.1) is 5.10 Å². The Balaban J connectivity index is 1.35. The molecule has 1 aromatic heterocycles. The first kappa shape index (κ1) is 16.3. The highest BCUT2D eigenvalue weighted by molar-refractivity contribution is 5.75. The summed E-state index contributed by atoms with van der Waals surface area (Å²) in [5.74, 6) is 3.37. The smallest absolute Gasteiger partial charge is 0.309 e. The van der Waals surface area contributed by atoms with Crippen LogP contribution in [0.5, 0.6) is 0 Å². The highest BCUT2D eigenvalue weighted by Crippen LogP contribution is 2.78. The second-order valence-electron chi connectivity index (χ2n) is 12.1. The Morgan fingerprint density at radius 2 is 1.43 bits per heavy atom. The third-order valence-electron chi connectivity index (χ3n) is 10.5. The number of nitrogens with one attached hydrogen (secondary N) is 1. The normalized spacial score (nSPS) is 55.7. The number of carbonyl (C=O) groups is 1. The number of tetrazole rings is 1. The molecule has 0 aliphatic heterocycles. The molecule has 8 aliphatic carbocycles. The molecule has 8 aliphatic rings. The molecule has 6 heteroatoms. The summed E-state index contributed by atoms with van der Waals surface area (Å²) in [4.78, 5) is 12.4. The lowest BCUT2D eigenvalue weighted by Gasteiger charge is -2.73. The summed E-state index contributed by atoms with van der Waals surface area (Å²) in [6, 6.07) is 0. The van der Waals surface area contributed by atoms with Crippen LogP contribution in [0.15, 0.2) is 0 Å². The molecule has 4 atom stereocenters. The van der Waals surface area contributed by atoms with E-state index < -0.39 is 11.4 Å². The first-order valence-corrected chi connectivity index (χ1v) is 11.4. The molecule has 0 saturated heterocycles. The number of H-pyrrole nitrogens is 1. The molecule has 8 fully saturated rings. The molecule has 6 nitrogen and oxygen atoms in total. The van der Waals surface area contributed by atoms with E-state index in [4.69, 9.17) is 0 Å². The first-order chi connectivity index (χ1) is 13.4. The number of aromatic nitrogens is 4. The van der Waals surface area contributed by atoms with Crippen molar-refractivity contribution < 1.29 is 9.90 Å². The molecular weight excluding hydrogens is 352 g/mol. The Morgan fingerprint density at radius 3 is 1.96 bits per heavy atom. The third-order valence-corrected chi connectivity index (χ3v) is 10.5. The van der Waals surface area contributed by atoms with E-state index in [0.717, 1.165) is 36.9 Å². The van der Waals surface area contributed by atoms with Crippen LogP contribution in [-0.2, 0) is 10.2 Å². The number of hydrogen-bond acceptors (Lipinski definition) is 4. The van der Waals surface area contributed by atoms with E-state index in [1.807, 2.05) is 0 Å². The predicted molar refractivity (Wildman–Crippen MR) is 100 cm³/mol. The summed E-state index contributed by atoms with van der Waals surface area (Å²) in [7, 11) is 0. The van der Waals surface area contributed by atoms with E-state index in [-0.39, 0.29) is 10.8 Å². The molecule has 0 radical (unpaired) electrons. The van der Waals surface area contributed by atoms with Crippen molar-refractivity contribution in [2.75, 3.05) is 0 Å². The number of rotatable bonds is 3. The molecule has 2 N–H and O–H groups in total. The fourth-order valence-electron chi connectivity index (χ4n) is 10.7. The van der Waals surface area contributed by atoms with Gasteiger partial charge in [0.05, 0.1) is 5.41 Å². The van der Waals surface area contributed by atoms with Gasteiger partial charge in [0.25, 0.3) is 0 Å². The number of carboxylic acid groups (broad SMARTS) is 1. The zero-order valence-corrected chi connectivity index (χ0v) is 16.5. The van der Waals surface area contributed by atoms with Crippen LogP contribution in [-0.4, -0.2) is 31.7 Å². The van der Waals surface area contributed by atoms with E-state index in [1.54, 1.807) is 0 Å². The minimum atomic E-state index is -0.496. The lowest BCUT2D eigenvalue weighted by Crippen LogP contribution is -2.66. The van der Waals surface area contributed by atoms with Crippen molar-refractivity contribution in [2.24, 2.45) is 39.9 Å². The fourth-order valence-corrected chi connectivity index (χ4v) is 10.7. The highest BCUT2D eigenvalue weighted by atomic mass is 16.4. The molecule has 0 amide bonds. The molecule has 4 unspecified atom stereocenters. The fraction of sp³-hybridized carbons (Fsp3) is 0.909. The molecule has 1 aromatic rings. The number of aliphatic carboxylic acids is 1. The molecule has 8 saturated carbocycles. The van der Waals surface area contributed by atoms with E-state index in [2.05, 4.69) is 20.6 Å². The predicted octanol–water partition coefficient (Wildman–Crippen LogP) is 3.71. The zero-order valence-electron chi connectivity index (χ0n) is 16.5. The van der Waals surface area contributed by atoms with Gasteiger partial charge in [0, 0.05) is 5.41 Å². The second-order valence-corrected chi connectivity index (χ2v) is 12.1. The van der Waals surface area contributed by atoms with Gasteiger partial charge in [-0.25, -0.2) is 5.10 Å². The molecular formula is C22H30N4O2. The van der Waals surface area contributed by atoms with E-state index in [1.165, 1.54) is 57.8 Å². The van der Waals surface area contributed by atoms with E-state index in [9.17, 15) is 9.90 Å². The maximum absolute atomic E-state index is 12.4. The van der Waals surface area contributed by atoms with Crippen molar-refractivity contribution in [3.8, 4) is 0 Å². The van der Waals surface area contributed by atoms with Crippen LogP contribution in [0.25, 0.3) is 0 Å². The summed E-state index contributed by atoms with van der Waals surface area (Å²) in [6.45, 7) is 0. The van der Waals surface area contributed by atoms with Crippen molar-refractivity contribution in [2.45, 2.75) is 82.5 Å². The number of hydrogen-bond donors (Lipinski definition) is 2. The maximum atomic E-state index is 12.4. The van der Waals surface area contributed by atoms with Crippen LogP contribution >= 0.6 is 0 Å². The van der Waals surface area contributed by atoms with Gasteiger partial charge in [-0.3, -0.25) is 4.79 Å². The van der Waals surface area contributed by atoms with E-state index in [0.29, 0.717) is 17.3 Å². The lowest BCUT2D eigenvalue weighted by atomic mass is 9.31. The van der Waals surface area contributed by atoms with Gasteiger partial charge in [0.1, 0.15) is 0 Å². The van der Waals surface area contributed by atoms with Gasteiger partial charge in [0.2, 0.25) is 0 Å². The van der Waals surface area contributed by atoms with Crippen LogP contribution < -0.4 is 0 Å². The largest absolute Gasteiger partial charge is 0.481 e. The van der Waals surface area contributed by atoms with Gasteiger partial charge in [-0.2, -0.15) is 0 Å². The Morgan fingerprint density at radius 1 is 0.857 bits per heavy atom. The van der Waals surface area contributed by atoms with Crippen molar-refractivity contribution in [1.29, 1.82) is 0 Å². The van der Waals surface area contributed by atoms with Crippen molar-refractivity contribution in [3.63, 3.8) is 0 Å². The zero-order chi connectivity index (χ0) is 18.8. The van der Waals surface area contributed by atoms with Crippen LogP contribution in [0.4, 0.5) is 0 Å². The van der Waals surface area contributed by atoms with Crippen molar-refractivity contribution >= 4 is 5.97 Å². The average molecular weight is 383 g/mol. The number of nitrogens with zero attached hydrogens (tertiary/aromatic N) is 3. The minimum Gasteiger partial charge on any atom is -0.481 e. The Kier molecular flexibility index (Phi) is 2.81. The summed E-state index contributed by atoms with van der Waals surface area (Å²) >= 11 is 0. The van der Waals surface area contributed by atoms with Gasteiger partial charge < -0.3 is 5.11 Å². The monoisotopic (exact) mass is 382 g/mol. The summed E-state index contributed by atoms with van der Waals surface area (Å²) in [5, 5.41) is 25.7. The molecule has 0 spiro atoms. The van der Waals surface area contributed by atoms with Gasteiger partial charge in [0.15, 0.2) is 5.82 Å². The van der Waals surface area contributed by atoms with Crippen LogP contribution in [0.1, 0.15) is 82.9 Å². The maximum Gasteiger partial charge on any atom is 0.309 e. The van der Waals surface area contributed by atoms with Crippen LogP contribution in [0.3, 0.4) is 0 Å². The summed E-state index contributed by atoms with van der Waals surface area (Å²) < 4.78 is 0. The Bertz CT molecular complexity index is 821. The molecule has 28 heavy (non-hydrogen) atoms. The van der Waals surface area contributed by atoms with Crippen molar-refractivity contribution in [3.05, 3.63) is 5.82 Å². The lowest BCUT2D eigenvalue weighted by molar-refractivity contribution is -0.230. The first-order valence-electron chi connectivity index (χ1n) is 11.4. The molecule has 8 bridgehead atoms. The molecule has 1 heterocycles. The van der Waals surface area contributed by atoms with Gasteiger partial charge >= 0.3 is 5.97 Å². The quantitative estimate of drug-likeness (QED) is 0.831. The Labute approximate surface area is 165 Å². The van der Waals surface area contributed by atoms with E-state index >= 15 is 0 Å². The standard InChI is InChI=1S/C22H30N4O2/c27-18(28)20-5-15-2-16(6-20)10-22(9-15,12-20)21-7-13-1-14(8-21)4-19(3-13,11-21)17-23-25-26-24-17/h13-16H,1-12H2,(H,27,28)(H,23,24,25,26). The second kappa shape index (κ2) is 4.81. The van der Waals surface area contributed by atoms with Crippen molar-refractivity contribution in [1.82, 2.24) is 20.6 Å². The summed E-state index contributed by atoms with van der Waals surface area (Å²) in [6.07, 6.45) is 14.4.